The van der Waals surface area contributed by atoms with E-state index in [0.29, 0.717) is 11.6 Å². The summed E-state index contributed by atoms with van der Waals surface area (Å²) in [5.74, 6) is -0.314. The van der Waals surface area contributed by atoms with Crippen molar-refractivity contribution in [2.75, 3.05) is 6.54 Å². The van der Waals surface area contributed by atoms with Gasteiger partial charge in [0.2, 0.25) is 15.9 Å². The van der Waals surface area contributed by atoms with E-state index in [1.54, 1.807) is 24.3 Å². The molecule has 0 unspecified atom stereocenters. The van der Waals surface area contributed by atoms with Crippen LogP contribution in [0.25, 0.3) is 0 Å². The highest BCUT2D eigenvalue weighted by Gasteiger charge is 2.15. The molecular formula is C16H16ClN3O5S. The molecule has 2 aromatic rings. The summed E-state index contributed by atoms with van der Waals surface area (Å²) < 4.78 is 26.4. The Hall–Kier alpha value is -2.49. The number of non-ortho nitro benzene ring substituents is 1. The molecule has 0 heterocycles. The third-order valence-electron chi connectivity index (χ3n) is 3.40. The van der Waals surface area contributed by atoms with Crippen molar-refractivity contribution in [1.29, 1.82) is 0 Å². The fourth-order valence-corrected chi connectivity index (χ4v) is 3.18. The van der Waals surface area contributed by atoms with Crippen LogP contribution < -0.4 is 10.0 Å². The first-order valence-corrected chi connectivity index (χ1v) is 9.39. The van der Waals surface area contributed by atoms with Crippen LogP contribution in [0.4, 0.5) is 5.69 Å². The van der Waals surface area contributed by atoms with Gasteiger partial charge in [-0.2, -0.15) is 0 Å². The second-order valence-electron chi connectivity index (χ2n) is 5.30. The molecule has 0 spiro atoms. The molecule has 0 aliphatic heterocycles. The summed E-state index contributed by atoms with van der Waals surface area (Å²) >= 11 is 5.77. The van der Waals surface area contributed by atoms with Crippen LogP contribution in [0.2, 0.25) is 5.02 Å². The number of nitrogens with zero attached hydrogens (tertiary/aromatic N) is 1. The zero-order valence-corrected chi connectivity index (χ0v) is 15.1. The summed E-state index contributed by atoms with van der Waals surface area (Å²) in [6.07, 6.45) is -0.0419. The average molecular weight is 398 g/mol. The van der Waals surface area contributed by atoms with E-state index in [1.807, 2.05) is 0 Å². The minimum absolute atomic E-state index is 0.0419. The first-order valence-electron chi connectivity index (χ1n) is 7.53. The number of nitrogens with one attached hydrogen (secondary N) is 2. The Balaban J connectivity index is 1.80. The van der Waals surface area contributed by atoms with Gasteiger partial charge in [-0.05, 0) is 29.8 Å². The van der Waals surface area contributed by atoms with Crippen molar-refractivity contribution in [1.82, 2.24) is 10.0 Å². The van der Waals surface area contributed by atoms with Crippen LogP contribution in [0.5, 0.6) is 0 Å². The summed E-state index contributed by atoms with van der Waals surface area (Å²) in [4.78, 5) is 21.6. The Labute approximate surface area is 155 Å². The molecule has 2 aromatic carbocycles. The summed E-state index contributed by atoms with van der Waals surface area (Å²) in [6.45, 7) is 0.219. The van der Waals surface area contributed by atoms with Gasteiger partial charge in [0, 0.05) is 36.7 Å². The van der Waals surface area contributed by atoms with E-state index in [4.69, 9.17) is 11.6 Å². The van der Waals surface area contributed by atoms with Gasteiger partial charge in [0.1, 0.15) is 0 Å². The Morgan fingerprint density at radius 2 is 1.69 bits per heavy atom. The molecule has 1 amide bonds. The normalized spacial score (nSPS) is 11.1. The van der Waals surface area contributed by atoms with Crippen LogP contribution in [0.3, 0.4) is 0 Å². The number of sulfonamides is 1. The molecule has 0 aromatic heterocycles. The molecule has 2 N–H and O–H groups in total. The number of nitro benzene ring substituents is 1. The zero-order valence-electron chi connectivity index (χ0n) is 13.5. The monoisotopic (exact) mass is 397 g/mol. The SMILES string of the molecule is O=C(CCNS(=O)(=O)c1ccc([N+](=O)[O-])cc1)NCc1ccc(Cl)cc1. The quantitative estimate of drug-likeness (QED) is 0.523. The van der Waals surface area contributed by atoms with Gasteiger partial charge in [0.05, 0.1) is 9.82 Å². The molecule has 0 bridgehead atoms. The summed E-state index contributed by atoms with van der Waals surface area (Å²) in [7, 11) is -3.84. The van der Waals surface area contributed by atoms with E-state index in [-0.39, 0.29) is 29.5 Å². The molecular weight excluding hydrogens is 382 g/mol. The second kappa shape index (κ2) is 8.75. The molecule has 0 aliphatic carbocycles. The highest BCUT2D eigenvalue weighted by atomic mass is 35.5. The van der Waals surface area contributed by atoms with Crippen molar-refractivity contribution >= 4 is 33.2 Å². The van der Waals surface area contributed by atoms with Gasteiger partial charge in [-0.1, -0.05) is 23.7 Å². The number of benzene rings is 2. The van der Waals surface area contributed by atoms with Gasteiger partial charge in [-0.15, -0.1) is 0 Å². The van der Waals surface area contributed by atoms with Crippen LogP contribution >= 0.6 is 11.6 Å². The lowest BCUT2D eigenvalue weighted by atomic mass is 10.2. The first-order chi connectivity index (χ1) is 12.3. The van der Waals surface area contributed by atoms with Crippen LogP contribution in [-0.2, 0) is 21.4 Å². The first kappa shape index (κ1) is 19.8. The predicted molar refractivity (Wildman–Crippen MR) is 96.2 cm³/mol. The smallest absolute Gasteiger partial charge is 0.269 e. The Morgan fingerprint density at radius 3 is 2.27 bits per heavy atom. The van der Waals surface area contributed by atoms with E-state index < -0.39 is 14.9 Å². The van der Waals surface area contributed by atoms with Crippen molar-refractivity contribution in [3.05, 3.63) is 69.2 Å². The summed E-state index contributed by atoms with van der Waals surface area (Å²) in [5, 5.41) is 13.8. The van der Waals surface area contributed by atoms with Crippen molar-refractivity contribution in [3.8, 4) is 0 Å². The fourth-order valence-electron chi connectivity index (χ4n) is 2.02. The van der Waals surface area contributed by atoms with E-state index in [9.17, 15) is 23.3 Å². The summed E-state index contributed by atoms with van der Waals surface area (Å²) in [6, 6.07) is 11.5. The number of amides is 1. The maximum atomic E-state index is 12.1. The molecule has 138 valence electrons. The number of carbonyl (C=O) groups is 1. The van der Waals surface area contributed by atoms with Gasteiger partial charge in [0.25, 0.3) is 5.69 Å². The second-order valence-corrected chi connectivity index (χ2v) is 7.51. The predicted octanol–water partition coefficient (Wildman–Crippen LogP) is 2.23. The maximum Gasteiger partial charge on any atom is 0.269 e. The molecule has 0 aliphatic rings. The molecule has 0 saturated heterocycles. The number of hydrogen-bond acceptors (Lipinski definition) is 5. The van der Waals surface area contributed by atoms with Gasteiger partial charge in [-0.25, -0.2) is 13.1 Å². The summed E-state index contributed by atoms with van der Waals surface area (Å²) in [5.41, 5.74) is 0.666. The Morgan fingerprint density at radius 1 is 1.08 bits per heavy atom. The van der Waals surface area contributed by atoms with Crippen molar-refractivity contribution in [3.63, 3.8) is 0 Å². The zero-order chi connectivity index (χ0) is 19.2. The third-order valence-corrected chi connectivity index (χ3v) is 5.13. The molecule has 0 radical (unpaired) electrons. The van der Waals surface area contributed by atoms with Gasteiger partial charge >= 0.3 is 0 Å². The number of rotatable bonds is 8. The van der Waals surface area contributed by atoms with Gasteiger partial charge in [0.15, 0.2) is 0 Å². The Bertz CT molecular complexity index is 883. The standard InChI is InChI=1S/C16H16ClN3O5S/c17-13-3-1-12(2-4-13)11-18-16(21)9-10-19-26(24,25)15-7-5-14(6-8-15)20(22)23/h1-8,19H,9-11H2,(H,18,21). The number of halogens is 1. The topological polar surface area (TPSA) is 118 Å². The fraction of sp³-hybridized carbons (Fsp3) is 0.188. The van der Waals surface area contributed by atoms with E-state index in [0.717, 1.165) is 29.8 Å². The lowest BCUT2D eigenvalue weighted by Crippen LogP contribution is -2.30. The number of nitro groups is 1. The minimum atomic E-state index is -3.84. The highest BCUT2D eigenvalue weighted by Crippen LogP contribution is 2.15. The van der Waals surface area contributed by atoms with Gasteiger partial charge in [-0.3, -0.25) is 14.9 Å². The van der Waals surface area contributed by atoms with Crippen molar-refractivity contribution in [2.24, 2.45) is 0 Å². The van der Waals surface area contributed by atoms with Crippen LogP contribution in [-0.4, -0.2) is 25.8 Å². The number of hydrogen-bond donors (Lipinski definition) is 2. The molecule has 0 atom stereocenters. The van der Waals surface area contributed by atoms with E-state index >= 15 is 0 Å². The van der Waals surface area contributed by atoms with Gasteiger partial charge < -0.3 is 5.32 Å². The molecule has 0 saturated carbocycles. The maximum absolute atomic E-state index is 12.1. The van der Waals surface area contributed by atoms with Crippen LogP contribution in [0.15, 0.2) is 53.4 Å². The van der Waals surface area contributed by atoms with E-state index in [2.05, 4.69) is 10.0 Å². The Kier molecular flexibility index (Phi) is 6.67. The molecule has 2 rings (SSSR count). The minimum Gasteiger partial charge on any atom is -0.352 e. The highest BCUT2D eigenvalue weighted by molar-refractivity contribution is 7.89. The van der Waals surface area contributed by atoms with Crippen LogP contribution in [0.1, 0.15) is 12.0 Å². The largest absolute Gasteiger partial charge is 0.352 e. The average Bonchev–Trinajstić information content (AvgIpc) is 2.61. The lowest BCUT2D eigenvalue weighted by molar-refractivity contribution is -0.384. The van der Waals surface area contributed by atoms with Crippen molar-refractivity contribution in [2.45, 2.75) is 17.9 Å². The van der Waals surface area contributed by atoms with Crippen molar-refractivity contribution < 1.29 is 18.1 Å². The molecule has 10 heteroatoms. The lowest BCUT2D eigenvalue weighted by Gasteiger charge is -2.08. The third kappa shape index (κ3) is 5.80. The molecule has 26 heavy (non-hydrogen) atoms. The number of carbonyl (C=O) groups excluding carboxylic acids is 1. The van der Waals surface area contributed by atoms with Crippen LogP contribution in [0, 0.1) is 10.1 Å². The molecule has 0 fully saturated rings. The molecule has 8 nitrogen and oxygen atoms in total. The van der Waals surface area contributed by atoms with E-state index in [1.165, 1.54) is 0 Å².